The molecule has 1 unspecified atom stereocenters. The standard InChI is InChI=1S/C18H25N3S.2ClH/c1-3-15-4-6-16(7-5-15)17-12-19-9-11-21(17)10-8-18-14(2)20-13-22-18;;/h4-7,13,17,19H,3,8-12H2,1-2H3;2*1H. The van der Waals surface area contributed by atoms with Gasteiger partial charge in [-0.3, -0.25) is 4.90 Å². The number of aromatic nitrogens is 1. The molecule has 6 heteroatoms. The zero-order valence-electron chi connectivity index (χ0n) is 14.3. The van der Waals surface area contributed by atoms with Crippen molar-refractivity contribution in [1.82, 2.24) is 15.2 Å². The number of thiazole rings is 1. The molecular weight excluding hydrogens is 361 g/mol. The van der Waals surface area contributed by atoms with E-state index in [1.807, 2.05) is 5.51 Å². The Morgan fingerprint density at radius 2 is 2.00 bits per heavy atom. The number of nitrogens with zero attached hydrogens (tertiary/aromatic N) is 2. The van der Waals surface area contributed by atoms with Gasteiger partial charge in [0, 0.05) is 37.1 Å². The minimum absolute atomic E-state index is 0. The molecular formula is C18H27Cl2N3S. The third kappa shape index (κ3) is 5.17. The van der Waals surface area contributed by atoms with Crippen molar-refractivity contribution >= 4 is 36.2 Å². The molecule has 1 saturated heterocycles. The highest BCUT2D eigenvalue weighted by molar-refractivity contribution is 7.09. The van der Waals surface area contributed by atoms with Crippen LogP contribution in [0.2, 0.25) is 0 Å². The van der Waals surface area contributed by atoms with Crippen LogP contribution in [0.1, 0.15) is 34.7 Å². The first-order valence-corrected chi connectivity index (χ1v) is 9.08. The molecule has 1 fully saturated rings. The summed E-state index contributed by atoms with van der Waals surface area (Å²) in [6.45, 7) is 8.70. The maximum absolute atomic E-state index is 4.36. The summed E-state index contributed by atoms with van der Waals surface area (Å²) in [4.78, 5) is 8.42. The van der Waals surface area contributed by atoms with E-state index in [0.29, 0.717) is 6.04 Å². The predicted octanol–water partition coefficient (Wildman–Crippen LogP) is 4.05. The first kappa shape index (κ1) is 21.4. The summed E-state index contributed by atoms with van der Waals surface area (Å²) in [5.41, 5.74) is 6.01. The maximum atomic E-state index is 4.36. The fourth-order valence-electron chi connectivity index (χ4n) is 3.13. The number of halogens is 2. The van der Waals surface area contributed by atoms with Crippen LogP contribution in [0.15, 0.2) is 29.8 Å². The molecule has 24 heavy (non-hydrogen) atoms. The summed E-state index contributed by atoms with van der Waals surface area (Å²) < 4.78 is 0. The number of piperazine rings is 1. The minimum atomic E-state index is 0. The lowest BCUT2D eigenvalue weighted by Crippen LogP contribution is -2.46. The molecule has 0 spiro atoms. The molecule has 1 N–H and O–H groups in total. The van der Waals surface area contributed by atoms with Gasteiger partial charge in [0.15, 0.2) is 0 Å². The Balaban J connectivity index is 0.00000144. The molecule has 3 nitrogen and oxygen atoms in total. The van der Waals surface area contributed by atoms with E-state index in [0.717, 1.165) is 39.0 Å². The Labute approximate surface area is 161 Å². The molecule has 134 valence electrons. The van der Waals surface area contributed by atoms with Gasteiger partial charge in [0.2, 0.25) is 0 Å². The van der Waals surface area contributed by atoms with Crippen LogP contribution in [0.3, 0.4) is 0 Å². The van der Waals surface area contributed by atoms with Crippen molar-refractivity contribution in [3.63, 3.8) is 0 Å². The zero-order valence-corrected chi connectivity index (χ0v) is 16.8. The monoisotopic (exact) mass is 387 g/mol. The molecule has 0 amide bonds. The van der Waals surface area contributed by atoms with E-state index >= 15 is 0 Å². The van der Waals surface area contributed by atoms with Crippen molar-refractivity contribution in [3.8, 4) is 0 Å². The number of nitrogens with one attached hydrogen (secondary N) is 1. The molecule has 0 aliphatic carbocycles. The van der Waals surface area contributed by atoms with Crippen LogP contribution in [-0.4, -0.2) is 36.1 Å². The number of aryl methyl sites for hydroxylation is 2. The van der Waals surface area contributed by atoms with Gasteiger partial charge in [-0.25, -0.2) is 4.98 Å². The minimum Gasteiger partial charge on any atom is -0.314 e. The zero-order chi connectivity index (χ0) is 15.4. The van der Waals surface area contributed by atoms with Crippen molar-refractivity contribution in [1.29, 1.82) is 0 Å². The summed E-state index contributed by atoms with van der Waals surface area (Å²) >= 11 is 1.79. The van der Waals surface area contributed by atoms with Gasteiger partial charge in [-0.05, 0) is 30.9 Å². The highest BCUT2D eigenvalue weighted by Crippen LogP contribution is 2.24. The normalized spacial score (nSPS) is 17.8. The molecule has 1 aliphatic heterocycles. The van der Waals surface area contributed by atoms with Crippen LogP contribution in [-0.2, 0) is 12.8 Å². The van der Waals surface area contributed by atoms with Gasteiger partial charge >= 0.3 is 0 Å². The van der Waals surface area contributed by atoms with Crippen molar-refractivity contribution in [2.45, 2.75) is 32.7 Å². The van der Waals surface area contributed by atoms with Gasteiger partial charge in [0.05, 0.1) is 11.2 Å². The van der Waals surface area contributed by atoms with E-state index in [-0.39, 0.29) is 24.8 Å². The van der Waals surface area contributed by atoms with Crippen LogP contribution >= 0.6 is 36.2 Å². The lowest BCUT2D eigenvalue weighted by molar-refractivity contribution is 0.164. The molecule has 1 aliphatic rings. The number of benzene rings is 1. The molecule has 2 aromatic rings. The van der Waals surface area contributed by atoms with Crippen molar-refractivity contribution in [2.75, 3.05) is 26.2 Å². The van der Waals surface area contributed by atoms with E-state index < -0.39 is 0 Å². The Kier molecular flexibility index (Phi) is 9.24. The quantitative estimate of drug-likeness (QED) is 0.838. The van der Waals surface area contributed by atoms with Crippen LogP contribution in [0.5, 0.6) is 0 Å². The summed E-state index contributed by atoms with van der Waals surface area (Å²) in [6.07, 6.45) is 2.22. The van der Waals surface area contributed by atoms with Gasteiger partial charge < -0.3 is 5.32 Å². The second kappa shape index (κ2) is 10.4. The third-order valence-electron chi connectivity index (χ3n) is 4.60. The molecule has 2 heterocycles. The molecule has 1 aromatic heterocycles. The second-order valence-electron chi connectivity index (χ2n) is 5.96. The molecule has 1 aromatic carbocycles. The van der Waals surface area contributed by atoms with Crippen molar-refractivity contribution in [3.05, 3.63) is 51.5 Å². The molecule has 0 radical (unpaired) electrons. The lowest BCUT2D eigenvalue weighted by atomic mass is 10.0. The third-order valence-corrected chi connectivity index (χ3v) is 5.59. The number of hydrogen-bond acceptors (Lipinski definition) is 4. The predicted molar refractivity (Wildman–Crippen MR) is 108 cm³/mol. The summed E-state index contributed by atoms with van der Waals surface area (Å²) in [6, 6.07) is 9.65. The first-order valence-electron chi connectivity index (χ1n) is 8.20. The SMILES string of the molecule is CCc1ccc(C2CNCCN2CCc2scnc2C)cc1.Cl.Cl. The Hall–Kier alpha value is -0.650. The van der Waals surface area contributed by atoms with Crippen LogP contribution in [0.25, 0.3) is 0 Å². The van der Waals surface area contributed by atoms with Crippen LogP contribution in [0.4, 0.5) is 0 Å². The topological polar surface area (TPSA) is 28.2 Å². The van der Waals surface area contributed by atoms with Crippen molar-refractivity contribution < 1.29 is 0 Å². The molecule has 0 saturated carbocycles. The highest BCUT2D eigenvalue weighted by Gasteiger charge is 2.23. The fourth-order valence-corrected chi connectivity index (χ4v) is 3.90. The molecule has 1 atom stereocenters. The summed E-state index contributed by atoms with van der Waals surface area (Å²) in [7, 11) is 0. The fraction of sp³-hybridized carbons (Fsp3) is 0.500. The van der Waals surface area contributed by atoms with Gasteiger partial charge in [0.1, 0.15) is 0 Å². The van der Waals surface area contributed by atoms with Gasteiger partial charge in [-0.1, -0.05) is 31.2 Å². The molecule has 3 rings (SSSR count). The summed E-state index contributed by atoms with van der Waals surface area (Å²) in [5, 5.41) is 3.55. The first-order chi connectivity index (χ1) is 10.8. The lowest BCUT2D eigenvalue weighted by Gasteiger charge is -2.36. The van der Waals surface area contributed by atoms with E-state index in [1.165, 1.54) is 21.7 Å². The Morgan fingerprint density at radius 3 is 2.62 bits per heavy atom. The Morgan fingerprint density at radius 1 is 1.25 bits per heavy atom. The maximum Gasteiger partial charge on any atom is 0.0797 e. The van der Waals surface area contributed by atoms with E-state index in [9.17, 15) is 0 Å². The largest absolute Gasteiger partial charge is 0.314 e. The average molecular weight is 388 g/mol. The van der Waals surface area contributed by atoms with Crippen LogP contribution < -0.4 is 5.32 Å². The van der Waals surface area contributed by atoms with Gasteiger partial charge in [-0.2, -0.15) is 0 Å². The van der Waals surface area contributed by atoms with Crippen LogP contribution in [0, 0.1) is 6.92 Å². The number of hydrogen-bond donors (Lipinski definition) is 1. The number of rotatable bonds is 5. The second-order valence-corrected chi connectivity index (χ2v) is 6.90. The van der Waals surface area contributed by atoms with Gasteiger partial charge in [-0.15, -0.1) is 36.2 Å². The van der Waals surface area contributed by atoms with Gasteiger partial charge in [0.25, 0.3) is 0 Å². The average Bonchev–Trinajstić information content (AvgIpc) is 2.98. The van der Waals surface area contributed by atoms with Crippen molar-refractivity contribution in [2.24, 2.45) is 0 Å². The van der Waals surface area contributed by atoms with E-state index in [1.54, 1.807) is 11.3 Å². The summed E-state index contributed by atoms with van der Waals surface area (Å²) in [5.74, 6) is 0. The van der Waals surface area contributed by atoms with E-state index in [2.05, 4.69) is 53.3 Å². The molecule has 0 bridgehead atoms. The Bertz CT molecular complexity index is 601. The van der Waals surface area contributed by atoms with E-state index in [4.69, 9.17) is 0 Å². The highest BCUT2D eigenvalue weighted by atomic mass is 35.5. The smallest absolute Gasteiger partial charge is 0.0797 e.